The lowest BCUT2D eigenvalue weighted by molar-refractivity contribution is 0.0965. The standard InChI is InChI=1S/C24H15FN2O/c25-18-10-8-16(9-11-18)21-15-22-20(7-4-13-26-22)23-19(21)12-14-27(23)24(28)17-5-2-1-3-6-17/h1-15H. The Balaban J connectivity index is 1.83. The van der Waals surface area contributed by atoms with Gasteiger partial charge in [-0.15, -0.1) is 0 Å². The van der Waals surface area contributed by atoms with Crippen molar-refractivity contribution in [1.82, 2.24) is 9.55 Å². The second-order valence-corrected chi connectivity index (χ2v) is 6.62. The fraction of sp³-hybridized carbons (Fsp3) is 0. The fourth-order valence-corrected chi connectivity index (χ4v) is 3.63. The van der Waals surface area contributed by atoms with Gasteiger partial charge in [-0.2, -0.15) is 0 Å². The van der Waals surface area contributed by atoms with Gasteiger partial charge < -0.3 is 0 Å². The lowest BCUT2D eigenvalue weighted by Crippen LogP contribution is -2.10. The molecule has 0 aliphatic rings. The molecule has 134 valence electrons. The number of pyridine rings is 1. The maximum atomic E-state index is 13.4. The summed E-state index contributed by atoms with van der Waals surface area (Å²) in [6, 6.07) is 23.3. The molecule has 0 spiro atoms. The van der Waals surface area contributed by atoms with E-state index in [1.165, 1.54) is 12.1 Å². The molecule has 0 saturated heterocycles. The summed E-state index contributed by atoms with van der Waals surface area (Å²) in [5.41, 5.74) is 4.00. The van der Waals surface area contributed by atoms with Crippen molar-refractivity contribution in [3.63, 3.8) is 0 Å². The molecular formula is C24H15FN2O. The predicted octanol–water partition coefficient (Wildman–Crippen LogP) is 5.68. The number of fused-ring (bicyclic) bond motifs is 3. The first kappa shape index (κ1) is 16.4. The lowest BCUT2D eigenvalue weighted by Gasteiger charge is -2.10. The second kappa shape index (κ2) is 6.43. The highest BCUT2D eigenvalue weighted by molar-refractivity contribution is 6.15. The summed E-state index contributed by atoms with van der Waals surface area (Å²) in [6.45, 7) is 0. The second-order valence-electron chi connectivity index (χ2n) is 6.62. The zero-order valence-electron chi connectivity index (χ0n) is 14.8. The number of hydrogen-bond acceptors (Lipinski definition) is 2. The Morgan fingerprint density at radius 2 is 1.64 bits per heavy atom. The lowest BCUT2D eigenvalue weighted by atomic mass is 9.99. The summed E-state index contributed by atoms with van der Waals surface area (Å²) in [5.74, 6) is -0.382. The van der Waals surface area contributed by atoms with Crippen molar-refractivity contribution in [2.75, 3.05) is 0 Å². The molecular weight excluding hydrogens is 351 g/mol. The summed E-state index contributed by atoms with van der Waals surface area (Å²) in [7, 11) is 0. The molecule has 0 atom stereocenters. The van der Waals surface area contributed by atoms with Crippen LogP contribution in [0.4, 0.5) is 4.39 Å². The molecule has 3 nitrogen and oxygen atoms in total. The molecule has 0 aliphatic heterocycles. The number of aromatic nitrogens is 2. The van der Waals surface area contributed by atoms with Crippen LogP contribution in [0.5, 0.6) is 0 Å². The van der Waals surface area contributed by atoms with Gasteiger partial charge in [-0.25, -0.2) is 4.39 Å². The molecule has 0 fully saturated rings. The van der Waals surface area contributed by atoms with E-state index in [1.54, 1.807) is 41.2 Å². The Morgan fingerprint density at radius 1 is 0.857 bits per heavy atom. The minimum Gasteiger partial charge on any atom is -0.282 e. The number of carbonyl (C=O) groups excluding carboxylic acids is 1. The van der Waals surface area contributed by atoms with E-state index in [0.29, 0.717) is 5.56 Å². The van der Waals surface area contributed by atoms with Crippen molar-refractivity contribution in [2.45, 2.75) is 0 Å². The molecule has 2 heterocycles. The maximum Gasteiger partial charge on any atom is 0.262 e. The highest BCUT2D eigenvalue weighted by atomic mass is 19.1. The fourth-order valence-electron chi connectivity index (χ4n) is 3.63. The van der Waals surface area contributed by atoms with E-state index in [4.69, 9.17) is 0 Å². The van der Waals surface area contributed by atoms with Crippen molar-refractivity contribution in [3.8, 4) is 11.1 Å². The van der Waals surface area contributed by atoms with Crippen LogP contribution >= 0.6 is 0 Å². The molecule has 0 saturated carbocycles. The molecule has 2 aromatic heterocycles. The van der Waals surface area contributed by atoms with Gasteiger partial charge in [0.15, 0.2) is 0 Å². The summed E-state index contributed by atoms with van der Waals surface area (Å²) >= 11 is 0. The van der Waals surface area contributed by atoms with Crippen molar-refractivity contribution in [3.05, 3.63) is 103 Å². The molecule has 0 radical (unpaired) electrons. The van der Waals surface area contributed by atoms with Crippen LogP contribution in [-0.2, 0) is 0 Å². The molecule has 4 heteroatoms. The van der Waals surface area contributed by atoms with Crippen LogP contribution in [0.15, 0.2) is 91.3 Å². The zero-order chi connectivity index (χ0) is 19.1. The monoisotopic (exact) mass is 366 g/mol. The third-order valence-corrected chi connectivity index (χ3v) is 4.95. The van der Waals surface area contributed by atoms with E-state index in [1.807, 2.05) is 42.5 Å². The Morgan fingerprint density at radius 3 is 2.43 bits per heavy atom. The first-order chi connectivity index (χ1) is 13.7. The maximum absolute atomic E-state index is 13.4. The largest absolute Gasteiger partial charge is 0.282 e. The Kier molecular flexibility index (Phi) is 3.76. The number of rotatable bonds is 2. The number of hydrogen-bond donors (Lipinski definition) is 0. The first-order valence-corrected chi connectivity index (χ1v) is 8.97. The van der Waals surface area contributed by atoms with Crippen LogP contribution < -0.4 is 0 Å². The average molecular weight is 366 g/mol. The number of halogens is 1. The highest BCUT2D eigenvalue weighted by Gasteiger charge is 2.17. The molecule has 3 aromatic carbocycles. The van der Waals surface area contributed by atoms with Gasteiger partial charge in [0, 0.05) is 28.7 Å². The summed E-state index contributed by atoms with van der Waals surface area (Å²) in [4.78, 5) is 17.6. The van der Waals surface area contributed by atoms with Crippen LogP contribution in [0.2, 0.25) is 0 Å². The van der Waals surface area contributed by atoms with Gasteiger partial charge in [0.05, 0.1) is 11.0 Å². The molecule has 0 unspecified atom stereocenters. The van der Waals surface area contributed by atoms with E-state index in [9.17, 15) is 9.18 Å². The summed E-state index contributed by atoms with van der Waals surface area (Å²) in [5, 5.41) is 1.83. The number of benzene rings is 3. The Bertz CT molecular complexity index is 1320. The van der Waals surface area contributed by atoms with E-state index in [2.05, 4.69) is 4.98 Å². The third-order valence-electron chi connectivity index (χ3n) is 4.95. The minimum atomic E-state index is -0.282. The van der Waals surface area contributed by atoms with E-state index in [-0.39, 0.29) is 11.7 Å². The summed E-state index contributed by atoms with van der Waals surface area (Å²) < 4.78 is 15.1. The van der Waals surface area contributed by atoms with Crippen LogP contribution in [0.25, 0.3) is 32.9 Å². The zero-order valence-corrected chi connectivity index (χ0v) is 14.8. The molecule has 5 aromatic rings. The highest BCUT2D eigenvalue weighted by Crippen LogP contribution is 2.35. The number of nitrogens with zero attached hydrogens (tertiary/aromatic N) is 2. The van der Waals surface area contributed by atoms with Crippen molar-refractivity contribution in [2.24, 2.45) is 0 Å². The smallest absolute Gasteiger partial charge is 0.262 e. The normalized spacial score (nSPS) is 11.2. The Hall–Kier alpha value is -3.79. The molecule has 0 amide bonds. The third kappa shape index (κ3) is 2.58. The van der Waals surface area contributed by atoms with Gasteiger partial charge in [0.1, 0.15) is 5.82 Å². The molecule has 0 N–H and O–H groups in total. The van der Waals surface area contributed by atoms with Crippen LogP contribution in [0, 0.1) is 5.82 Å². The summed E-state index contributed by atoms with van der Waals surface area (Å²) in [6.07, 6.45) is 3.52. The van der Waals surface area contributed by atoms with Crippen LogP contribution in [-0.4, -0.2) is 15.5 Å². The van der Waals surface area contributed by atoms with Gasteiger partial charge in [0.2, 0.25) is 0 Å². The van der Waals surface area contributed by atoms with Crippen LogP contribution in [0.1, 0.15) is 10.4 Å². The van der Waals surface area contributed by atoms with Crippen molar-refractivity contribution >= 4 is 27.7 Å². The predicted molar refractivity (Wildman–Crippen MR) is 109 cm³/mol. The van der Waals surface area contributed by atoms with Gasteiger partial charge >= 0.3 is 0 Å². The average Bonchev–Trinajstić information content (AvgIpc) is 3.19. The first-order valence-electron chi connectivity index (χ1n) is 8.97. The van der Waals surface area contributed by atoms with E-state index >= 15 is 0 Å². The van der Waals surface area contributed by atoms with Gasteiger partial charge in [0.25, 0.3) is 5.91 Å². The Labute approximate surface area is 160 Å². The van der Waals surface area contributed by atoms with Crippen molar-refractivity contribution in [1.29, 1.82) is 0 Å². The van der Waals surface area contributed by atoms with Gasteiger partial charge in [-0.05, 0) is 59.7 Å². The topological polar surface area (TPSA) is 34.9 Å². The quantitative estimate of drug-likeness (QED) is 0.403. The van der Waals surface area contributed by atoms with Gasteiger partial charge in [-0.1, -0.05) is 30.3 Å². The molecule has 0 aliphatic carbocycles. The van der Waals surface area contributed by atoms with E-state index in [0.717, 1.165) is 32.9 Å². The van der Waals surface area contributed by atoms with E-state index < -0.39 is 0 Å². The number of carbonyl (C=O) groups is 1. The molecule has 28 heavy (non-hydrogen) atoms. The van der Waals surface area contributed by atoms with Gasteiger partial charge in [-0.3, -0.25) is 14.3 Å². The SMILES string of the molecule is O=C(c1ccccc1)n1ccc2c(-c3ccc(F)cc3)cc3ncccc3c21. The minimum absolute atomic E-state index is 0.1000. The van der Waals surface area contributed by atoms with Crippen LogP contribution in [0.3, 0.4) is 0 Å². The molecule has 0 bridgehead atoms. The van der Waals surface area contributed by atoms with Crippen molar-refractivity contribution < 1.29 is 9.18 Å². The molecule has 5 rings (SSSR count).